The van der Waals surface area contributed by atoms with Crippen molar-refractivity contribution in [3.8, 4) is 11.1 Å². The van der Waals surface area contributed by atoms with Crippen LogP contribution < -0.4 is 11.1 Å². The van der Waals surface area contributed by atoms with Crippen LogP contribution in [0.15, 0.2) is 42.6 Å². The maximum Gasteiger partial charge on any atom is 0.280 e. The van der Waals surface area contributed by atoms with E-state index in [1.54, 1.807) is 44.2 Å². The molecule has 3 N–H and O–H groups in total. The second kappa shape index (κ2) is 8.87. The summed E-state index contributed by atoms with van der Waals surface area (Å²) in [5.74, 6) is -1.30. The number of pyridine rings is 1. The van der Waals surface area contributed by atoms with E-state index in [1.165, 1.54) is 16.9 Å². The normalized spacial score (nSPS) is 12.3. The van der Waals surface area contributed by atoms with E-state index in [-0.39, 0.29) is 15.4 Å². The van der Waals surface area contributed by atoms with Gasteiger partial charge in [0.2, 0.25) is 5.91 Å². The summed E-state index contributed by atoms with van der Waals surface area (Å²) in [6.45, 7) is 3.32. The molecule has 1 unspecified atom stereocenters. The molecule has 3 aromatic heterocycles. The molecular formula is C22H18ClF2N5O2S. The van der Waals surface area contributed by atoms with Crippen molar-refractivity contribution in [2.75, 3.05) is 5.32 Å². The van der Waals surface area contributed by atoms with Gasteiger partial charge in [-0.2, -0.15) is 5.10 Å². The summed E-state index contributed by atoms with van der Waals surface area (Å²) in [6, 6.07) is 9.28. The van der Waals surface area contributed by atoms with Crippen molar-refractivity contribution < 1.29 is 18.4 Å². The van der Waals surface area contributed by atoms with Crippen LogP contribution >= 0.6 is 22.9 Å². The molecule has 2 amide bonds. The Bertz CT molecular complexity index is 1350. The molecule has 7 nitrogen and oxygen atoms in total. The number of aromatic nitrogens is 3. The summed E-state index contributed by atoms with van der Waals surface area (Å²) < 4.78 is 28.5. The Hall–Kier alpha value is -3.37. The third-order valence-corrected chi connectivity index (χ3v) is 6.56. The Morgan fingerprint density at radius 2 is 1.94 bits per heavy atom. The van der Waals surface area contributed by atoms with Crippen molar-refractivity contribution in [3.63, 3.8) is 0 Å². The van der Waals surface area contributed by atoms with Gasteiger partial charge in [0.1, 0.15) is 21.4 Å². The largest absolute Gasteiger partial charge is 0.365 e. The van der Waals surface area contributed by atoms with Crippen LogP contribution in [-0.2, 0) is 4.79 Å². The Labute approximate surface area is 196 Å². The van der Waals surface area contributed by atoms with E-state index < -0.39 is 30.0 Å². The number of primary amides is 1. The minimum atomic E-state index is -2.82. The summed E-state index contributed by atoms with van der Waals surface area (Å²) in [5.41, 5.74) is 6.84. The number of rotatable bonds is 6. The number of halogens is 3. The van der Waals surface area contributed by atoms with Gasteiger partial charge in [0.05, 0.1) is 16.4 Å². The van der Waals surface area contributed by atoms with E-state index in [9.17, 15) is 18.4 Å². The van der Waals surface area contributed by atoms with Gasteiger partial charge in [-0.05, 0) is 31.0 Å². The van der Waals surface area contributed by atoms with E-state index in [0.29, 0.717) is 27.2 Å². The smallest absolute Gasteiger partial charge is 0.280 e. The molecule has 170 valence electrons. The monoisotopic (exact) mass is 489 g/mol. The number of aryl methyl sites for hydroxylation is 1. The predicted octanol–water partition coefficient (Wildman–Crippen LogP) is 5.36. The summed E-state index contributed by atoms with van der Waals surface area (Å²) in [5, 5.41) is 7.72. The highest BCUT2D eigenvalue weighted by Crippen LogP contribution is 2.42. The van der Waals surface area contributed by atoms with Crippen molar-refractivity contribution in [3.05, 3.63) is 63.9 Å². The molecule has 0 saturated carbocycles. The van der Waals surface area contributed by atoms with Crippen LogP contribution in [0, 0.1) is 6.92 Å². The van der Waals surface area contributed by atoms with Crippen molar-refractivity contribution in [2.24, 2.45) is 5.73 Å². The van der Waals surface area contributed by atoms with Gasteiger partial charge in [-0.1, -0.05) is 41.9 Å². The molecule has 3 heterocycles. The van der Waals surface area contributed by atoms with Gasteiger partial charge < -0.3 is 11.1 Å². The van der Waals surface area contributed by atoms with Crippen LogP contribution in [0.1, 0.15) is 40.5 Å². The summed E-state index contributed by atoms with van der Waals surface area (Å²) in [6.07, 6.45) is -1.30. The molecule has 33 heavy (non-hydrogen) atoms. The number of nitrogens with two attached hydrogens (primary N) is 1. The van der Waals surface area contributed by atoms with Gasteiger partial charge in [0, 0.05) is 11.6 Å². The minimum Gasteiger partial charge on any atom is -0.365 e. The van der Waals surface area contributed by atoms with Crippen LogP contribution in [0.2, 0.25) is 5.02 Å². The number of benzene rings is 1. The summed E-state index contributed by atoms with van der Waals surface area (Å²) >= 11 is 6.90. The lowest BCUT2D eigenvalue weighted by Crippen LogP contribution is -2.25. The molecule has 0 fully saturated rings. The number of hydrogen-bond acceptors (Lipinski definition) is 5. The van der Waals surface area contributed by atoms with Gasteiger partial charge in [0.25, 0.3) is 12.3 Å². The molecule has 4 rings (SSSR count). The molecule has 1 atom stereocenters. The fraction of sp³-hybridized carbons (Fsp3) is 0.182. The van der Waals surface area contributed by atoms with Crippen molar-refractivity contribution >= 4 is 50.7 Å². The number of carbonyl (C=O) groups is 2. The number of thiophene rings is 1. The molecule has 1 aromatic carbocycles. The lowest BCUT2D eigenvalue weighted by Gasteiger charge is -2.14. The van der Waals surface area contributed by atoms with Crippen molar-refractivity contribution in [1.82, 2.24) is 14.8 Å². The number of hydrogen-bond donors (Lipinski definition) is 2. The zero-order chi connectivity index (χ0) is 23.9. The van der Waals surface area contributed by atoms with Gasteiger partial charge in [-0.15, -0.1) is 11.3 Å². The molecule has 4 aromatic rings. The standard InChI is InChI=1S/C22H18ClF2N5O2S/c1-10-14(23)9-30(29-10)11(2)21(32)28-17-16-13(12-6-4-3-5-7-12)8-15(19(24)25)27-22(16)33-18(17)20(26)31/h3-9,11,19H,1-2H3,(H2,26,31)(H,28,32). The number of fused-ring (bicyclic) bond motifs is 1. The zero-order valence-electron chi connectivity index (χ0n) is 17.5. The molecule has 0 spiro atoms. The first-order chi connectivity index (χ1) is 15.7. The van der Waals surface area contributed by atoms with Gasteiger partial charge >= 0.3 is 0 Å². The van der Waals surface area contributed by atoms with Crippen molar-refractivity contribution in [1.29, 1.82) is 0 Å². The highest BCUT2D eigenvalue weighted by Gasteiger charge is 2.27. The molecule has 0 aliphatic rings. The number of nitrogens with one attached hydrogen (secondary N) is 1. The summed E-state index contributed by atoms with van der Waals surface area (Å²) in [4.78, 5) is 29.5. The molecule has 0 bridgehead atoms. The van der Waals surface area contributed by atoms with E-state index in [0.717, 1.165) is 11.3 Å². The Morgan fingerprint density at radius 3 is 2.52 bits per heavy atom. The van der Waals surface area contributed by atoms with E-state index in [1.807, 2.05) is 0 Å². The maximum atomic E-state index is 13.6. The molecule has 0 aliphatic heterocycles. The minimum absolute atomic E-state index is 0.0105. The molecular weight excluding hydrogens is 472 g/mol. The van der Waals surface area contributed by atoms with E-state index >= 15 is 0 Å². The van der Waals surface area contributed by atoms with Crippen LogP contribution in [0.4, 0.5) is 14.5 Å². The fourth-order valence-corrected chi connectivity index (χ4v) is 4.52. The fourth-order valence-electron chi connectivity index (χ4n) is 3.37. The first-order valence-corrected chi connectivity index (χ1v) is 11.0. The Kier molecular flexibility index (Phi) is 6.13. The third-order valence-electron chi connectivity index (χ3n) is 5.10. The number of nitrogens with zero attached hydrogens (tertiary/aromatic N) is 3. The lowest BCUT2D eigenvalue weighted by molar-refractivity contribution is -0.119. The topological polar surface area (TPSA) is 103 Å². The average Bonchev–Trinajstić information content (AvgIpc) is 3.33. The van der Waals surface area contributed by atoms with Gasteiger partial charge in [-0.25, -0.2) is 13.8 Å². The highest BCUT2D eigenvalue weighted by molar-refractivity contribution is 7.21. The number of alkyl halides is 2. The Balaban J connectivity index is 1.88. The average molecular weight is 490 g/mol. The van der Waals surface area contributed by atoms with E-state index in [2.05, 4.69) is 15.4 Å². The van der Waals surface area contributed by atoms with Crippen molar-refractivity contribution in [2.45, 2.75) is 26.3 Å². The van der Waals surface area contributed by atoms with E-state index in [4.69, 9.17) is 17.3 Å². The highest BCUT2D eigenvalue weighted by atomic mass is 35.5. The first kappa shape index (κ1) is 22.8. The quantitative estimate of drug-likeness (QED) is 0.380. The second-order valence-corrected chi connectivity index (χ2v) is 8.73. The van der Waals surface area contributed by atoms with Crippen LogP contribution in [0.5, 0.6) is 0 Å². The second-order valence-electron chi connectivity index (χ2n) is 7.32. The number of amides is 2. The molecule has 11 heteroatoms. The molecule has 0 radical (unpaired) electrons. The maximum absolute atomic E-state index is 13.6. The van der Waals surface area contributed by atoms with Gasteiger partial charge in [0.15, 0.2) is 0 Å². The lowest BCUT2D eigenvalue weighted by atomic mass is 10.0. The predicted molar refractivity (Wildman–Crippen MR) is 124 cm³/mol. The Morgan fingerprint density at radius 1 is 1.24 bits per heavy atom. The zero-order valence-corrected chi connectivity index (χ0v) is 19.0. The number of carbonyl (C=O) groups excluding carboxylic acids is 2. The van der Waals surface area contributed by atoms with Crippen LogP contribution in [0.25, 0.3) is 21.3 Å². The number of anilines is 1. The molecule has 0 aliphatic carbocycles. The van der Waals surface area contributed by atoms with Gasteiger partial charge in [-0.3, -0.25) is 14.3 Å². The molecule has 0 saturated heterocycles. The van der Waals surface area contributed by atoms with Crippen LogP contribution in [0.3, 0.4) is 0 Å². The third kappa shape index (κ3) is 4.31. The van der Waals surface area contributed by atoms with Crippen LogP contribution in [-0.4, -0.2) is 26.6 Å². The summed E-state index contributed by atoms with van der Waals surface area (Å²) in [7, 11) is 0. The first-order valence-electron chi connectivity index (χ1n) is 9.80. The SMILES string of the molecule is Cc1nn(C(C)C(=O)Nc2c(C(N)=O)sc3nc(C(F)F)cc(-c4ccccc4)c23)cc1Cl.